The van der Waals surface area contributed by atoms with Crippen molar-refractivity contribution in [2.75, 3.05) is 5.32 Å². The molecule has 0 heterocycles. The van der Waals surface area contributed by atoms with E-state index in [0.29, 0.717) is 5.56 Å². The topological polar surface area (TPSA) is 35.8 Å². The van der Waals surface area contributed by atoms with Crippen molar-refractivity contribution in [3.63, 3.8) is 0 Å². The molecule has 2 heteroatoms. The quantitative estimate of drug-likeness (QED) is 0.872. The number of nitriles is 1. The fourth-order valence-electron chi connectivity index (χ4n) is 2.04. The second kappa shape index (κ2) is 5.90. The van der Waals surface area contributed by atoms with Crippen LogP contribution >= 0.6 is 0 Å². The van der Waals surface area contributed by atoms with Crippen LogP contribution in [-0.4, -0.2) is 0 Å². The van der Waals surface area contributed by atoms with Crippen molar-refractivity contribution in [1.29, 1.82) is 5.26 Å². The lowest BCUT2D eigenvalue weighted by Gasteiger charge is -2.13. The van der Waals surface area contributed by atoms with Crippen LogP contribution in [0.2, 0.25) is 0 Å². The zero-order valence-corrected chi connectivity index (χ0v) is 11.5. The van der Waals surface area contributed by atoms with Gasteiger partial charge in [-0.2, -0.15) is 5.26 Å². The molecule has 2 nitrogen and oxygen atoms in total. The van der Waals surface area contributed by atoms with Crippen LogP contribution in [0.1, 0.15) is 22.3 Å². The molecule has 0 unspecified atom stereocenters. The molecule has 0 saturated heterocycles. The summed E-state index contributed by atoms with van der Waals surface area (Å²) in [7, 11) is 0. The van der Waals surface area contributed by atoms with Crippen molar-refractivity contribution in [1.82, 2.24) is 0 Å². The maximum absolute atomic E-state index is 9.19. The first kappa shape index (κ1) is 13.6. The van der Waals surface area contributed by atoms with Crippen LogP contribution in [0.4, 0.5) is 5.69 Å². The van der Waals surface area contributed by atoms with Crippen LogP contribution in [0.5, 0.6) is 0 Å². The van der Waals surface area contributed by atoms with Gasteiger partial charge in [-0.1, -0.05) is 49.6 Å². The van der Waals surface area contributed by atoms with E-state index in [1.54, 1.807) is 6.08 Å². The minimum absolute atomic E-state index is 0.613. The Morgan fingerprint density at radius 3 is 2.70 bits per heavy atom. The normalized spacial score (nSPS) is 9.60. The Morgan fingerprint density at radius 1 is 1.25 bits per heavy atom. The van der Waals surface area contributed by atoms with Crippen molar-refractivity contribution in [2.45, 2.75) is 6.92 Å². The third-order valence-corrected chi connectivity index (χ3v) is 3.09. The molecule has 0 aliphatic heterocycles. The Kier molecular flexibility index (Phi) is 4.02. The third kappa shape index (κ3) is 2.78. The van der Waals surface area contributed by atoms with Gasteiger partial charge in [0.05, 0.1) is 11.3 Å². The lowest BCUT2D eigenvalue weighted by molar-refractivity contribution is 1.40. The van der Waals surface area contributed by atoms with E-state index in [2.05, 4.69) is 24.5 Å². The van der Waals surface area contributed by atoms with E-state index < -0.39 is 0 Å². The number of benzene rings is 2. The summed E-state index contributed by atoms with van der Waals surface area (Å²) >= 11 is 0. The van der Waals surface area contributed by atoms with E-state index in [0.717, 1.165) is 28.1 Å². The second-order valence-electron chi connectivity index (χ2n) is 4.56. The van der Waals surface area contributed by atoms with E-state index in [-0.39, 0.29) is 0 Å². The Morgan fingerprint density at radius 2 is 2.00 bits per heavy atom. The summed E-state index contributed by atoms with van der Waals surface area (Å²) in [5, 5.41) is 12.4. The van der Waals surface area contributed by atoms with Crippen LogP contribution in [0, 0.1) is 18.3 Å². The zero-order valence-electron chi connectivity index (χ0n) is 11.5. The predicted octanol–water partition coefficient (Wildman–Crippen LogP) is 4.59. The van der Waals surface area contributed by atoms with Crippen molar-refractivity contribution in [2.24, 2.45) is 0 Å². The molecule has 2 rings (SSSR count). The molecule has 98 valence electrons. The van der Waals surface area contributed by atoms with E-state index in [9.17, 15) is 5.26 Å². The molecular weight excluding hydrogens is 244 g/mol. The monoisotopic (exact) mass is 260 g/mol. The van der Waals surface area contributed by atoms with Crippen LogP contribution in [-0.2, 0) is 0 Å². The Bertz CT molecular complexity index is 706. The number of rotatable bonds is 4. The van der Waals surface area contributed by atoms with E-state index in [4.69, 9.17) is 0 Å². The fourth-order valence-corrected chi connectivity index (χ4v) is 2.04. The molecule has 0 spiro atoms. The molecule has 0 saturated carbocycles. The molecule has 0 atom stereocenters. The molecular formula is C18H16N2. The highest BCUT2D eigenvalue weighted by Crippen LogP contribution is 2.24. The lowest BCUT2D eigenvalue weighted by atomic mass is 10.0. The van der Waals surface area contributed by atoms with E-state index >= 15 is 0 Å². The summed E-state index contributed by atoms with van der Waals surface area (Å²) in [5.74, 6) is 0. The minimum atomic E-state index is 0.613. The summed E-state index contributed by atoms with van der Waals surface area (Å²) in [6, 6.07) is 15.8. The SMILES string of the molecule is C=Cc1ccccc1C(=C)Nc1ccc(C)cc1C#N. The zero-order chi connectivity index (χ0) is 14.5. The van der Waals surface area contributed by atoms with Crippen molar-refractivity contribution in [3.8, 4) is 6.07 Å². The van der Waals surface area contributed by atoms with Crippen LogP contribution in [0.25, 0.3) is 11.8 Å². The van der Waals surface area contributed by atoms with E-state index in [1.165, 1.54) is 0 Å². The number of hydrogen-bond donors (Lipinski definition) is 1. The molecule has 2 aromatic rings. The first-order chi connectivity index (χ1) is 9.65. The highest BCUT2D eigenvalue weighted by atomic mass is 14.9. The Labute approximate surface area is 119 Å². The summed E-state index contributed by atoms with van der Waals surface area (Å²) in [6.07, 6.45) is 1.79. The fraction of sp³-hybridized carbons (Fsp3) is 0.0556. The largest absolute Gasteiger partial charge is 0.354 e. The van der Waals surface area contributed by atoms with Gasteiger partial charge in [0, 0.05) is 11.3 Å². The van der Waals surface area contributed by atoms with Crippen LogP contribution in [0.15, 0.2) is 55.6 Å². The number of nitrogens with one attached hydrogen (secondary N) is 1. The van der Waals surface area contributed by atoms with Gasteiger partial charge in [-0.05, 0) is 30.2 Å². The molecule has 0 bridgehead atoms. The van der Waals surface area contributed by atoms with Crippen LogP contribution < -0.4 is 5.32 Å². The van der Waals surface area contributed by atoms with Gasteiger partial charge in [0.25, 0.3) is 0 Å². The molecule has 0 aromatic heterocycles. The molecule has 1 N–H and O–H groups in total. The molecule has 20 heavy (non-hydrogen) atoms. The number of aryl methyl sites for hydroxylation is 1. The van der Waals surface area contributed by atoms with Gasteiger partial charge >= 0.3 is 0 Å². The molecule has 0 aliphatic carbocycles. The van der Waals surface area contributed by atoms with Gasteiger partial charge in [-0.25, -0.2) is 0 Å². The first-order valence-corrected chi connectivity index (χ1v) is 6.34. The Hall–Kier alpha value is -2.79. The third-order valence-electron chi connectivity index (χ3n) is 3.09. The minimum Gasteiger partial charge on any atom is -0.354 e. The lowest BCUT2D eigenvalue weighted by Crippen LogP contribution is -2.01. The smallest absolute Gasteiger partial charge is 0.101 e. The molecule has 0 amide bonds. The van der Waals surface area contributed by atoms with Gasteiger partial charge in [-0.3, -0.25) is 0 Å². The average molecular weight is 260 g/mol. The highest BCUT2D eigenvalue weighted by molar-refractivity contribution is 5.81. The maximum atomic E-state index is 9.19. The molecule has 0 radical (unpaired) electrons. The van der Waals surface area contributed by atoms with Gasteiger partial charge in [-0.15, -0.1) is 0 Å². The van der Waals surface area contributed by atoms with Crippen molar-refractivity contribution >= 4 is 17.5 Å². The predicted molar refractivity (Wildman–Crippen MR) is 85.1 cm³/mol. The number of hydrogen-bond acceptors (Lipinski definition) is 2. The van der Waals surface area contributed by atoms with Crippen molar-refractivity contribution < 1.29 is 0 Å². The molecule has 2 aromatic carbocycles. The number of nitrogens with zero attached hydrogens (tertiary/aromatic N) is 1. The van der Waals surface area contributed by atoms with Gasteiger partial charge < -0.3 is 5.32 Å². The van der Waals surface area contributed by atoms with Gasteiger partial charge in [0.15, 0.2) is 0 Å². The number of anilines is 1. The van der Waals surface area contributed by atoms with E-state index in [1.807, 2.05) is 49.4 Å². The first-order valence-electron chi connectivity index (χ1n) is 6.34. The molecule has 0 fully saturated rings. The molecule has 0 aliphatic rings. The highest BCUT2D eigenvalue weighted by Gasteiger charge is 2.07. The van der Waals surface area contributed by atoms with Gasteiger partial charge in [0.1, 0.15) is 6.07 Å². The maximum Gasteiger partial charge on any atom is 0.101 e. The van der Waals surface area contributed by atoms with Gasteiger partial charge in [0.2, 0.25) is 0 Å². The Balaban J connectivity index is 2.33. The van der Waals surface area contributed by atoms with Crippen molar-refractivity contribution in [3.05, 3.63) is 77.9 Å². The summed E-state index contributed by atoms with van der Waals surface area (Å²) in [6.45, 7) is 9.83. The average Bonchev–Trinajstić information content (AvgIpc) is 2.48. The van der Waals surface area contributed by atoms with Crippen LogP contribution in [0.3, 0.4) is 0 Å². The summed E-state index contributed by atoms with van der Waals surface area (Å²) in [5.41, 5.74) is 5.18. The summed E-state index contributed by atoms with van der Waals surface area (Å²) in [4.78, 5) is 0. The standard InChI is InChI=1S/C18H16N2/c1-4-15-7-5-6-8-17(15)14(3)20-18-10-9-13(2)11-16(18)12-19/h4-11,20H,1,3H2,2H3. The summed E-state index contributed by atoms with van der Waals surface area (Å²) < 4.78 is 0. The second-order valence-corrected chi connectivity index (χ2v) is 4.56.